The van der Waals surface area contributed by atoms with Gasteiger partial charge in [-0.25, -0.2) is 5.84 Å². The van der Waals surface area contributed by atoms with Crippen LogP contribution < -0.4 is 16.6 Å². The maximum Gasteiger partial charge on any atom is 0.210 e. The molecule has 106 valence electrons. The van der Waals surface area contributed by atoms with Gasteiger partial charge < -0.3 is 10.1 Å². The van der Waals surface area contributed by atoms with Crippen molar-refractivity contribution in [3.63, 3.8) is 0 Å². The molecule has 19 heavy (non-hydrogen) atoms. The van der Waals surface area contributed by atoms with Crippen molar-refractivity contribution in [2.75, 3.05) is 25.1 Å². The number of halogens is 1. The number of hydrogen-bond donors (Lipinski definition) is 3. The quantitative estimate of drug-likeness (QED) is 0.246. The first-order chi connectivity index (χ1) is 9.17. The number of hydrogen-bond acceptors (Lipinski definition) is 3. The Balaban J connectivity index is 2.55. The number of benzene rings is 1. The Bertz CT molecular complexity index is 423. The van der Waals surface area contributed by atoms with Gasteiger partial charge in [0, 0.05) is 19.8 Å². The smallest absolute Gasteiger partial charge is 0.210 e. The van der Waals surface area contributed by atoms with E-state index in [0.717, 1.165) is 24.3 Å². The van der Waals surface area contributed by atoms with Gasteiger partial charge in [0.2, 0.25) is 5.96 Å². The van der Waals surface area contributed by atoms with E-state index >= 15 is 0 Å². The molecule has 0 spiro atoms. The molecule has 0 aliphatic heterocycles. The van der Waals surface area contributed by atoms with Crippen molar-refractivity contribution in [1.82, 2.24) is 5.43 Å². The highest BCUT2D eigenvalue weighted by molar-refractivity contribution is 6.33. The lowest BCUT2D eigenvalue weighted by Gasteiger charge is -2.11. The Morgan fingerprint density at radius 3 is 2.95 bits per heavy atom. The molecule has 5 nitrogen and oxygen atoms in total. The van der Waals surface area contributed by atoms with Crippen LogP contribution in [0.1, 0.15) is 18.9 Å². The van der Waals surface area contributed by atoms with Gasteiger partial charge in [0.15, 0.2) is 0 Å². The van der Waals surface area contributed by atoms with E-state index in [1.807, 2.05) is 32.0 Å². The largest absolute Gasteiger partial charge is 0.382 e. The van der Waals surface area contributed by atoms with E-state index in [2.05, 4.69) is 15.7 Å². The van der Waals surface area contributed by atoms with Gasteiger partial charge in [0.25, 0.3) is 0 Å². The molecule has 1 rings (SSSR count). The van der Waals surface area contributed by atoms with Gasteiger partial charge in [-0.3, -0.25) is 10.4 Å². The summed E-state index contributed by atoms with van der Waals surface area (Å²) in [4.78, 5) is 4.31. The van der Waals surface area contributed by atoms with Crippen LogP contribution in [-0.2, 0) is 4.74 Å². The third kappa shape index (κ3) is 5.92. The predicted octanol–water partition coefficient (Wildman–Crippen LogP) is 2.31. The summed E-state index contributed by atoms with van der Waals surface area (Å²) >= 11 is 6.09. The lowest BCUT2D eigenvalue weighted by Crippen LogP contribution is -2.36. The number of aryl methyl sites for hydroxylation is 1. The first-order valence-corrected chi connectivity index (χ1v) is 6.67. The summed E-state index contributed by atoms with van der Waals surface area (Å²) in [6.07, 6.45) is 0.849. The van der Waals surface area contributed by atoms with Crippen molar-refractivity contribution < 1.29 is 4.74 Å². The highest BCUT2D eigenvalue weighted by Gasteiger charge is 2.03. The Morgan fingerprint density at radius 1 is 1.47 bits per heavy atom. The molecule has 0 saturated carbocycles. The fraction of sp³-hybridized carbons (Fsp3) is 0.462. The van der Waals surface area contributed by atoms with Gasteiger partial charge >= 0.3 is 0 Å². The second kappa shape index (κ2) is 8.74. The van der Waals surface area contributed by atoms with Crippen LogP contribution in [0, 0.1) is 6.92 Å². The molecule has 0 unspecified atom stereocenters. The Morgan fingerprint density at radius 2 is 2.26 bits per heavy atom. The lowest BCUT2D eigenvalue weighted by atomic mass is 10.2. The van der Waals surface area contributed by atoms with Gasteiger partial charge in [0.1, 0.15) is 0 Å². The zero-order chi connectivity index (χ0) is 14.1. The number of hydrazine groups is 1. The maximum absolute atomic E-state index is 6.09. The molecule has 0 fully saturated rings. The van der Waals surface area contributed by atoms with Crippen LogP contribution in [0.5, 0.6) is 0 Å². The molecule has 0 amide bonds. The summed E-state index contributed by atoms with van der Waals surface area (Å²) in [6.45, 7) is 6.02. The standard InChI is InChI=1S/C13H21ClN4O/c1-3-19-8-4-7-16-13(18-15)17-12-9-10(2)5-6-11(12)14/h5-6,9H,3-4,7-8,15H2,1-2H3,(H2,16,17,18). The molecular weight excluding hydrogens is 264 g/mol. The molecule has 0 heterocycles. The average molecular weight is 285 g/mol. The number of rotatable bonds is 6. The Hall–Kier alpha value is -1.30. The summed E-state index contributed by atoms with van der Waals surface area (Å²) in [5.74, 6) is 5.92. The number of aliphatic imine (C=N–C) groups is 1. The number of guanidine groups is 1. The first-order valence-electron chi connectivity index (χ1n) is 6.29. The van der Waals surface area contributed by atoms with E-state index in [9.17, 15) is 0 Å². The van der Waals surface area contributed by atoms with Crippen molar-refractivity contribution in [2.45, 2.75) is 20.3 Å². The molecule has 0 aliphatic carbocycles. The molecule has 0 atom stereocenters. The predicted molar refractivity (Wildman–Crippen MR) is 80.5 cm³/mol. The van der Waals surface area contributed by atoms with Crippen LogP contribution in [0.25, 0.3) is 0 Å². The molecule has 0 radical (unpaired) electrons. The molecule has 0 saturated heterocycles. The minimum absolute atomic E-state index is 0.490. The minimum Gasteiger partial charge on any atom is -0.382 e. The topological polar surface area (TPSA) is 71.7 Å². The molecule has 1 aromatic carbocycles. The van der Waals surface area contributed by atoms with Crippen LogP contribution in [0.15, 0.2) is 23.2 Å². The zero-order valence-electron chi connectivity index (χ0n) is 11.4. The fourth-order valence-electron chi connectivity index (χ4n) is 1.49. The summed E-state index contributed by atoms with van der Waals surface area (Å²) in [5.41, 5.74) is 4.42. The first kappa shape index (κ1) is 15.8. The van der Waals surface area contributed by atoms with Crippen molar-refractivity contribution in [3.8, 4) is 0 Å². The second-order valence-corrected chi connectivity index (χ2v) is 4.44. The second-order valence-electron chi connectivity index (χ2n) is 4.03. The summed E-state index contributed by atoms with van der Waals surface area (Å²) in [6, 6.07) is 5.72. The van der Waals surface area contributed by atoms with Crippen molar-refractivity contribution in [2.24, 2.45) is 10.8 Å². The molecule has 4 N–H and O–H groups in total. The molecule has 6 heteroatoms. The molecule has 0 aliphatic rings. The molecule has 0 bridgehead atoms. The van der Waals surface area contributed by atoms with Gasteiger partial charge in [-0.2, -0.15) is 0 Å². The summed E-state index contributed by atoms with van der Waals surface area (Å²) in [7, 11) is 0. The number of nitrogens with one attached hydrogen (secondary N) is 2. The van der Waals surface area contributed by atoms with Gasteiger partial charge in [0.05, 0.1) is 10.7 Å². The number of nitrogens with two attached hydrogens (primary N) is 1. The van der Waals surface area contributed by atoms with Crippen LogP contribution >= 0.6 is 11.6 Å². The molecule has 0 aromatic heterocycles. The van der Waals surface area contributed by atoms with Crippen LogP contribution in [-0.4, -0.2) is 25.7 Å². The summed E-state index contributed by atoms with van der Waals surface area (Å²) < 4.78 is 5.24. The van der Waals surface area contributed by atoms with E-state index in [1.54, 1.807) is 0 Å². The van der Waals surface area contributed by atoms with Gasteiger partial charge in [-0.1, -0.05) is 17.7 Å². The van der Waals surface area contributed by atoms with E-state index in [-0.39, 0.29) is 0 Å². The lowest BCUT2D eigenvalue weighted by molar-refractivity contribution is 0.146. The molecular formula is C13H21ClN4O. The number of nitrogens with zero attached hydrogens (tertiary/aromatic N) is 1. The van der Waals surface area contributed by atoms with E-state index in [0.29, 0.717) is 24.1 Å². The summed E-state index contributed by atoms with van der Waals surface area (Å²) in [5, 5.41) is 3.70. The average Bonchev–Trinajstić information content (AvgIpc) is 2.41. The third-order valence-electron chi connectivity index (χ3n) is 2.43. The third-order valence-corrected chi connectivity index (χ3v) is 2.76. The minimum atomic E-state index is 0.490. The number of ether oxygens (including phenoxy) is 1. The van der Waals surface area contributed by atoms with Crippen LogP contribution in [0.3, 0.4) is 0 Å². The Labute approximate surface area is 119 Å². The van der Waals surface area contributed by atoms with Gasteiger partial charge in [-0.05, 0) is 38.0 Å². The molecule has 1 aromatic rings. The van der Waals surface area contributed by atoms with Crippen molar-refractivity contribution in [1.29, 1.82) is 0 Å². The fourth-order valence-corrected chi connectivity index (χ4v) is 1.65. The van der Waals surface area contributed by atoms with Crippen LogP contribution in [0.4, 0.5) is 5.69 Å². The van der Waals surface area contributed by atoms with Gasteiger partial charge in [-0.15, -0.1) is 0 Å². The highest BCUT2D eigenvalue weighted by Crippen LogP contribution is 2.22. The highest BCUT2D eigenvalue weighted by atomic mass is 35.5. The van der Waals surface area contributed by atoms with E-state index < -0.39 is 0 Å². The number of anilines is 1. The zero-order valence-corrected chi connectivity index (χ0v) is 12.1. The van der Waals surface area contributed by atoms with E-state index in [1.165, 1.54) is 0 Å². The maximum atomic E-state index is 6.09. The van der Waals surface area contributed by atoms with Crippen molar-refractivity contribution >= 4 is 23.2 Å². The normalized spacial score (nSPS) is 11.5. The monoisotopic (exact) mass is 284 g/mol. The Kier molecular flexibility index (Phi) is 7.25. The van der Waals surface area contributed by atoms with E-state index in [4.69, 9.17) is 22.2 Å². The van der Waals surface area contributed by atoms with Crippen molar-refractivity contribution in [3.05, 3.63) is 28.8 Å². The van der Waals surface area contributed by atoms with Crippen LogP contribution in [0.2, 0.25) is 5.02 Å². The SMILES string of the molecule is CCOCCCN=C(NN)Nc1cc(C)ccc1Cl.